The molecule has 0 saturated heterocycles. The SMILES string of the molecule is Cn1c(-c2cccc(Oc3ccc4c(c3)N(c3ccccn3)c3ccc5sc6ccccc6c5c3C4(C)C)c2)nc2ccccc21. The van der Waals surface area contributed by atoms with E-state index < -0.39 is 0 Å². The highest BCUT2D eigenvalue weighted by atomic mass is 32.1. The van der Waals surface area contributed by atoms with E-state index in [9.17, 15) is 0 Å². The van der Waals surface area contributed by atoms with Gasteiger partial charge in [-0.25, -0.2) is 9.97 Å². The van der Waals surface area contributed by atoms with Crippen molar-refractivity contribution in [2.24, 2.45) is 7.05 Å². The van der Waals surface area contributed by atoms with Gasteiger partial charge in [-0.3, -0.25) is 4.90 Å². The number of ether oxygens (including phenoxy) is 1. The molecule has 0 unspecified atom stereocenters. The standard InChI is InChI=1S/C40H30N4OS/c1-40(2)29-19-18-27(45-26-12-10-11-25(23-26)39-42-30-14-5-6-15-31(30)43(39)3)24-33(29)44(36-17-8-9-22-41-36)32-20-21-35-37(38(32)40)28-13-4-7-16-34(28)46-35/h4-24H,1-3H3. The average Bonchev–Trinajstić information content (AvgIpc) is 3.63. The van der Waals surface area contributed by atoms with E-state index in [4.69, 9.17) is 14.7 Å². The van der Waals surface area contributed by atoms with Gasteiger partial charge in [0.15, 0.2) is 0 Å². The second kappa shape index (κ2) is 10.0. The van der Waals surface area contributed by atoms with Gasteiger partial charge in [0.05, 0.1) is 22.4 Å². The van der Waals surface area contributed by atoms with E-state index in [1.165, 1.54) is 31.3 Å². The molecule has 5 nitrogen and oxygen atoms in total. The van der Waals surface area contributed by atoms with E-state index in [0.29, 0.717) is 0 Å². The van der Waals surface area contributed by atoms with Crippen LogP contribution in [0.3, 0.4) is 0 Å². The van der Waals surface area contributed by atoms with Gasteiger partial charge >= 0.3 is 0 Å². The summed E-state index contributed by atoms with van der Waals surface area (Å²) in [7, 11) is 2.06. The minimum atomic E-state index is -0.266. The highest BCUT2D eigenvalue weighted by Gasteiger charge is 2.39. The van der Waals surface area contributed by atoms with Crippen LogP contribution in [0.2, 0.25) is 0 Å². The van der Waals surface area contributed by atoms with Crippen LogP contribution >= 0.6 is 11.3 Å². The molecule has 4 heterocycles. The highest BCUT2D eigenvalue weighted by molar-refractivity contribution is 7.25. The third-order valence-electron chi connectivity index (χ3n) is 9.26. The van der Waals surface area contributed by atoms with Gasteiger partial charge < -0.3 is 9.30 Å². The summed E-state index contributed by atoms with van der Waals surface area (Å²) >= 11 is 1.86. The number of hydrogen-bond acceptors (Lipinski definition) is 5. The summed E-state index contributed by atoms with van der Waals surface area (Å²) in [4.78, 5) is 12.0. The zero-order chi connectivity index (χ0) is 31.0. The molecule has 9 rings (SSSR count). The van der Waals surface area contributed by atoms with Crippen LogP contribution in [0.25, 0.3) is 42.6 Å². The molecule has 0 radical (unpaired) electrons. The summed E-state index contributed by atoms with van der Waals surface area (Å²) in [5, 5.41) is 2.63. The van der Waals surface area contributed by atoms with Gasteiger partial charge in [-0.1, -0.05) is 68.4 Å². The number of aromatic nitrogens is 3. The number of imidazole rings is 1. The maximum absolute atomic E-state index is 6.59. The highest BCUT2D eigenvalue weighted by Crippen LogP contribution is 2.56. The van der Waals surface area contributed by atoms with Gasteiger partial charge in [-0.05, 0) is 71.8 Å². The molecule has 1 aliphatic heterocycles. The van der Waals surface area contributed by atoms with Gasteiger partial charge in [-0.2, -0.15) is 0 Å². The van der Waals surface area contributed by atoms with Gasteiger partial charge in [0.1, 0.15) is 23.1 Å². The first-order chi connectivity index (χ1) is 22.5. The van der Waals surface area contributed by atoms with E-state index in [1.807, 2.05) is 60.0 Å². The molecule has 0 spiro atoms. The van der Waals surface area contributed by atoms with E-state index in [2.05, 4.69) is 109 Å². The molecule has 8 aromatic rings. The topological polar surface area (TPSA) is 43.2 Å². The molecular weight excluding hydrogens is 585 g/mol. The quantitative estimate of drug-likeness (QED) is 0.198. The second-order valence-corrected chi connectivity index (χ2v) is 13.5. The molecule has 0 atom stereocenters. The lowest BCUT2D eigenvalue weighted by molar-refractivity contribution is 0.482. The van der Waals surface area contributed by atoms with Crippen molar-refractivity contribution in [3.05, 3.63) is 139 Å². The van der Waals surface area contributed by atoms with Crippen LogP contribution in [0.1, 0.15) is 25.0 Å². The molecule has 3 aromatic heterocycles. The van der Waals surface area contributed by atoms with Crippen LogP contribution in [-0.4, -0.2) is 14.5 Å². The number of benzene rings is 5. The number of rotatable bonds is 4. The zero-order valence-electron chi connectivity index (χ0n) is 25.7. The Labute approximate surface area is 271 Å². The van der Waals surface area contributed by atoms with Crippen molar-refractivity contribution in [3.8, 4) is 22.9 Å². The van der Waals surface area contributed by atoms with Crippen LogP contribution in [0.4, 0.5) is 17.2 Å². The van der Waals surface area contributed by atoms with Crippen molar-refractivity contribution in [1.29, 1.82) is 0 Å². The number of nitrogens with zero attached hydrogens (tertiary/aromatic N) is 4. The number of thiophene rings is 1. The molecule has 6 heteroatoms. The maximum Gasteiger partial charge on any atom is 0.140 e. The first-order valence-corrected chi connectivity index (χ1v) is 16.3. The number of pyridine rings is 1. The Morgan fingerprint density at radius 2 is 1.54 bits per heavy atom. The number of fused-ring (bicyclic) bond motifs is 7. The van der Waals surface area contributed by atoms with Gasteiger partial charge in [0, 0.05) is 50.5 Å². The molecule has 0 saturated carbocycles. The molecule has 0 fully saturated rings. The smallest absolute Gasteiger partial charge is 0.140 e. The van der Waals surface area contributed by atoms with Crippen molar-refractivity contribution >= 4 is 59.7 Å². The lowest BCUT2D eigenvalue weighted by Gasteiger charge is -2.42. The summed E-state index contributed by atoms with van der Waals surface area (Å²) < 4.78 is 11.3. The van der Waals surface area contributed by atoms with Crippen molar-refractivity contribution < 1.29 is 4.74 Å². The minimum absolute atomic E-state index is 0.266. The number of hydrogen-bond donors (Lipinski definition) is 0. The predicted octanol–water partition coefficient (Wildman–Crippen LogP) is 10.9. The minimum Gasteiger partial charge on any atom is -0.457 e. The van der Waals surface area contributed by atoms with E-state index in [-0.39, 0.29) is 5.41 Å². The number of aryl methyl sites for hydroxylation is 1. The maximum atomic E-state index is 6.59. The zero-order valence-corrected chi connectivity index (χ0v) is 26.5. The lowest BCUT2D eigenvalue weighted by atomic mass is 9.72. The second-order valence-electron chi connectivity index (χ2n) is 12.4. The molecule has 1 aliphatic rings. The normalized spacial score (nSPS) is 13.7. The van der Waals surface area contributed by atoms with Crippen molar-refractivity contribution in [3.63, 3.8) is 0 Å². The van der Waals surface area contributed by atoms with Crippen molar-refractivity contribution in [1.82, 2.24) is 14.5 Å². The molecule has 0 bridgehead atoms. The van der Waals surface area contributed by atoms with E-state index >= 15 is 0 Å². The van der Waals surface area contributed by atoms with Crippen molar-refractivity contribution in [2.75, 3.05) is 4.90 Å². The Balaban J connectivity index is 1.18. The molecular formula is C40H30N4OS. The van der Waals surface area contributed by atoms with Crippen LogP contribution < -0.4 is 9.64 Å². The van der Waals surface area contributed by atoms with Crippen LogP contribution in [-0.2, 0) is 12.5 Å². The summed E-state index contributed by atoms with van der Waals surface area (Å²) in [6, 6.07) is 42.2. The van der Waals surface area contributed by atoms with Crippen molar-refractivity contribution in [2.45, 2.75) is 19.3 Å². The Bertz CT molecular complexity index is 2460. The number of para-hydroxylation sites is 2. The Morgan fingerprint density at radius 1 is 0.717 bits per heavy atom. The third-order valence-corrected chi connectivity index (χ3v) is 10.4. The van der Waals surface area contributed by atoms with Crippen LogP contribution in [0, 0.1) is 0 Å². The molecule has 222 valence electrons. The number of anilines is 3. The lowest BCUT2D eigenvalue weighted by Crippen LogP contribution is -2.31. The summed E-state index contributed by atoms with van der Waals surface area (Å²) in [6.07, 6.45) is 1.86. The fourth-order valence-electron chi connectivity index (χ4n) is 7.15. The molecule has 0 N–H and O–H groups in total. The Morgan fingerprint density at radius 3 is 2.41 bits per heavy atom. The summed E-state index contributed by atoms with van der Waals surface area (Å²) in [5.74, 6) is 3.31. The average molecular weight is 615 g/mol. The fraction of sp³-hybridized carbons (Fsp3) is 0.100. The molecule has 46 heavy (non-hydrogen) atoms. The van der Waals surface area contributed by atoms with Gasteiger partial charge in [0.25, 0.3) is 0 Å². The first-order valence-electron chi connectivity index (χ1n) is 15.5. The van der Waals surface area contributed by atoms with Gasteiger partial charge in [-0.15, -0.1) is 11.3 Å². The summed E-state index contributed by atoms with van der Waals surface area (Å²) in [5.41, 5.74) is 7.59. The molecule has 0 aliphatic carbocycles. The van der Waals surface area contributed by atoms with E-state index in [0.717, 1.165) is 51.1 Å². The summed E-state index contributed by atoms with van der Waals surface area (Å²) in [6.45, 7) is 4.68. The van der Waals surface area contributed by atoms with Crippen LogP contribution in [0.5, 0.6) is 11.5 Å². The largest absolute Gasteiger partial charge is 0.457 e. The molecule has 0 amide bonds. The van der Waals surface area contributed by atoms with Crippen LogP contribution in [0.15, 0.2) is 128 Å². The van der Waals surface area contributed by atoms with Gasteiger partial charge in [0.2, 0.25) is 0 Å². The fourth-order valence-corrected chi connectivity index (χ4v) is 8.26. The monoisotopic (exact) mass is 614 g/mol. The Kier molecular flexibility index (Phi) is 5.86. The Hall–Kier alpha value is -5.46. The predicted molar refractivity (Wildman–Crippen MR) is 190 cm³/mol. The first kappa shape index (κ1) is 26.9. The third kappa shape index (κ3) is 4.00. The van der Waals surface area contributed by atoms with E-state index in [1.54, 1.807) is 0 Å². The molecule has 5 aromatic carbocycles.